The number of benzene rings is 1. The summed E-state index contributed by atoms with van der Waals surface area (Å²) >= 11 is 6.80. The van der Waals surface area contributed by atoms with Crippen LogP contribution in [0.25, 0.3) is 0 Å². The van der Waals surface area contributed by atoms with Crippen LogP contribution in [0.5, 0.6) is 5.75 Å². The minimum Gasteiger partial charge on any atom is -0.492 e. The van der Waals surface area contributed by atoms with Crippen molar-refractivity contribution in [2.75, 3.05) is 18.1 Å². The quantitative estimate of drug-likeness (QED) is 0.613. The van der Waals surface area contributed by atoms with E-state index in [2.05, 4.69) is 6.92 Å². The SMILES string of the molecule is CCSCCOc1ccccc1C(N)=S. The molecular weight excluding hydrogens is 226 g/mol. The number of rotatable bonds is 6. The fourth-order valence-corrected chi connectivity index (χ4v) is 1.81. The van der Waals surface area contributed by atoms with Gasteiger partial charge in [-0.1, -0.05) is 31.3 Å². The Morgan fingerprint density at radius 2 is 2.20 bits per heavy atom. The van der Waals surface area contributed by atoms with Crippen LogP contribution in [0, 0.1) is 0 Å². The molecule has 1 aromatic carbocycles. The zero-order valence-electron chi connectivity index (χ0n) is 8.73. The molecule has 0 aromatic heterocycles. The number of nitrogens with two attached hydrogens (primary N) is 1. The third-order valence-corrected chi connectivity index (χ3v) is 2.93. The maximum atomic E-state index is 5.61. The Morgan fingerprint density at radius 1 is 1.47 bits per heavy atom. The molecule has 0 amide bonds. The van der Waals surface area contributed by atoms with Crippen LogP contribution in [-0.4, -0.2) is 23.1 Å². The molecule has 0 saturated carbocycles. The molecule has 0 unspecified atom stereocenters. The van der Waals surface area contributed by atoms with Crippen molar-refractivity contribution in [2.45, 2.75) is 6.92 Å². The minimum atomic E-state index is 0.383. The highest BCUT2D eigenvalue weighted by molar-refractivity contribution is 7.99. The monoisotopic (exact) mass is 241 g/mol. The third kappa shape index (κ3) is 4.10. The average Bonchev–Trinajstić information content (AvgIpc) is 2.25. The fraction of sp³-hybridized carbons (Fsp3) is 0.364. The van der Waals surface area contributed by atoms with Crippen LogP contribution in [0.1, 0.15) is 12.5 Å². The largest absolute Gasteiger partial charge is 0.492 e. The maximum Gasteiger partial charge on any atom is 0.129 e. The first-order valence-corrected chi connectivity index (χ1v) is 6.41. The van der Waals surface area contributed by atoms with Gasteiger partial charge in [-0.2, -0.15) is 11.8 Å². The Balaban J connectivity index is 2.56. The number of ether oxygens (including phenoxy) is 1. The summed E-state index contributed by atoms with van der Waals surface area (Å²) in [6, 6.07) is 7.60. The van der Waals surface area contributed by atoms with Gasteiger partial charge in [0.2, 0.25) is 0 Å². The molecule has 0 saturated heterocycles. The van der Waals surface area contributed by atoms with Crippen molar-refractivity contribution in [3.05, 3.63) is 29.8 Å². The Bertz CT molecular complexity index is 328. The van der Waals surface area contributed by atoms with Gasteiger partial charge < -0.3 is 10.5 Å². The summed E-state index contributed by atoms with van der Waals surface area (Å²) in [7, 11) is 0. The zero-order chi connectivity index (χ0) is 11.1. The first kappa shape index (κ1) is 12.3. The standard InChI is InChI=1S/C11H15NOS2/c1-2-15-8-7-13-10-6-4-3-5-9(10)11(12)14/h3-6H,2,7-8H2,1H3,(H2,12,14). The summed E-state index contributed by atoms with van der Waals surface area (Å²) < 4.78 is 5.61. The molecule has 0 aliphatic carbocycles. The molecule has 82 valence electrons. The van der Waals surface area contributed by atoms with Crippen LogP contribution in [0.2, 0.25) is 0 Å². The van der Waals surface area contributed by atoms with Crippen molar-refractivity contribution in [1.29, 1.82) is 0 Å². The second-order valence-electron chi connectivity index (χ2n) is 2.91. The molecule has 4 heteroatoms. The Labute approximate surface area is 100 Å². The van der Waals surface area contributed by atoms with Gasteiger partial charge in [-0.05, 0) is 17.9 Å². The number of para-hydroxylation sites is 1. The molecule has 0 radical (unpaired) electrons. The predicted octanol–water partition coefficient (Wildman–Crippen LogP) is 2.45. The van der Waals surface area contributed by atoms with Gasteiger partial charge in [-0.3, -0.25) is 0 Å². The third-order valence-electron chi connectivity index (χ3n) is 1.84. The van der Waals surface area contributed by atoms with Crippen LogP contribution in [0.4, 0.5) is 0 Å². The molecule has 1 aromatic rings. The normalized spacial score (nSPS) is 9.93. The summed E-state index contributed by atoms with van der Waals surface area (Å²) in [6.07, 6.45) is 0. The van der Waals surface area contributed by atoms with E-state index in [-0.39, 0.29) is 0 Å². The van der Waals surface area contributed by atoms with E-state index >= 15 is 0 Å². The number of hydrogen-bond acceptors (Lipinski definition) is 3. The van der Waals surface area contributed by atoms with E-state index in [0.717, 1.165) is 22.8 Å². The van der Waals surface area contributed by atoms with E-state index in [1.165, 1.54) is 0 Å². The Kier molecular flexibility index (Phi) is 5.50. The van der Waals surface area contributed by atoms with Crippen molar-refractivity contribution in [3.63, 3.8) is 0 Å². The van der Waals surface area contributed by atoms with Crippen LogP contribution in [0.15, 0.2) is 24.3 Å². The molecule has 0 heterocycles. The second-order valence-corrected chi connectivity index (χ2v) is 4.74. The molecule has 2 nitrogen and oxygen atoms in total. The fourth-order valence-electron chi connectivity index (χ4n) is 1.15. The van der Waals surface area contributed by atoms with E-state index in [4.69, 9.17) is 22.7 Å². The summed E-state index contributed by atoms with van der Waals surface area (Å²) in [5.74, 6) is 2.88. The Hall–Kier alpha value is -0.740. The van der Waals surface area contributed by atoms with Crippen LogP contribution >= 0.6 is 24.0 Å². The zero-order valence-corrected chi connectivity index (χ0v) is 10.4. The van der Waals surface area contributed by atoms with E-state index < -0.39 is 0 Å². The lowest BCUT2D eigenvalue weighted by atomic mass is 10.2. The van der Waals surface area contributed by atoms with Gasteiger partial charge in [-0.15, -0.1) is 0 Å². The van der Waals surface area contributed by atoms with Crippen LogP contribution in [0.3, 0.4) is 0 Å². The topological polar surface area (TPSA) is 35.2 Å². The molecule has 0 aliphatic rings. The van der Waals surface area contributed by atoms with Crippen molar-refractivity contribution in [1.82, 2.24) is 0 Å². The van der Waals surface area contributed by atoms with E-state index in [1.54, 1.807) is 0 Å². The van der Waals surface area contributed by atoms with Crippen LogP contribution in [-0.2, 0) is 0 Å². The highest BCUT2D eigenvalue weighted by Gasteiger charge is 2.04. The van der Waals surface area contributed by atoms with Gasteiger partial charge in [0.1, 0.15) is 10.7 Å². The highest BCUT2D eigenvalue weighted by atomic mass is 32.2. The molecule has 0 atom stereocenters. The van der Waals surface area contributed by atoms with Crippen LogP contribution < -0.4 is 10.5 Å². The molecular formula is C11H15NOS2. The van der Waals surface area contributed by atoms with Gasteiger partial charge >= 0.3 is 0 Å². The molecule has 2 N–H and O–H groups in total. The Morgan fingerprint density at radius 3 is 2.87 bits per heavy atom. The van der Waals surface area contributed by atoms with E-state index in [9.17, 15) is 0 Å². The second kappa shape index (κ2) is 6.69. The molecule has 0 bridgehead atoms. The molecule has 0 spiro atoms. The predicted molar refractivity (Wildman–Crippen MR) is 70.8 cm³/mol. The van der Waals surface area contributed by atoms with E-state index in [1.807, 2.05) is 36.0 Å². The van der Waals surface area contributed by atoms with Gasteiger partial charge in [0.05, 0.1) is 12.2 Å². The van der Waals surface area contributed by atoms with Gasteiger partial charge in [0.15, 0.2) is 0 Å². The summed E-state index contributed by atoms with van der Waals surface area (Å²) in [6.45, 7) is 2.83. The molecule has 1 rings (SSSR count). The summed E-state index contributed by atoms with van der Waals surface area (Å²) in [5.41, 5.74) is 6.41. The van der Waals surface area contributed by atoms with Gasteiger partial charge in [0.25, 0.3) is 0 Å². The number of hydrogen-bond donors (Lipinski definition) is 1. The molecule has 15 heavy (non-hydrogen) atoms. The summed E-state index contributed by atoms with van der Waals surface area (Å²) in [5, 5.41) is 0. The molecule has 0 fully saturated rings. The van der Waals surface area contributed by atoms with E-state index in [0.29, 0.717) is 11.6 Å². The van der Waals surface area contributed by atoms with Crippen molar-refractivity contribution in [3.8, 4) is 5.75 Å². The maximum absolute atomic E-state index is 5.61. The van der Waals surface area contributed by atoms with Crippen molar-refractivity contribution >= 4 is 29.0 Å². The van der Waals surface area contributed by atoms with Crippen molar-refractivity contribution in [2.24, 2.45) is 5.73 Å². The molecule has 0 aliphatic heterocycles. The lowest BCUT2D eigenvalue weighted by molar-refractivity contribution is 0.343. The van der Waals surface area contributed by atoms with Gasteiger partial charge in [0, 0.05) is 5.75 Å². The number of thiocarbonyl (C=S) groups is 1. The average molecular weight is 241 g/mol. The lowest BCUT2D eigenvalue weighted by Crippen LogP contribution is -2.12. The van der Waals surface area contributed by atoms with Crippen molar-refractivity contribution < 1.29 is 4.74 Å². The first-order valence-electron chi connectivity index (χ1n) is 4.85. The minimum absolute atomic E-state index is 0.383. The highest BCUT2D eigenvalue weighted by Crippen LogP contribution is 2.17. The first-order chi connectivity index (χ1) is 7.25. The van der Waals surface area contributed by atoms with Gasteiger partial charge in [-0.25, -0.2) is 0 Å². The smallest absolute Gasteiger partial charge is 0.129 e. The summed E-state index contributed by atoms with van der Waals surface area (Å²) in [4.78, 5) is 0.383. The number of thioether (sulfide) groups is 1. The lowest BCUT2D eigenvalue weighted by Gasteiger charge is -2.09.